The van der Waals surface area contributed by atoms with Gasteiger partial charge in [0.05, 0.1) is 12.0 Å². The third-order valence-electron chi connectivity index (χ3n) is 8.65. The van der Waals surface area contributed by atoms with Crippen molar-refractivity contribution in [2.45, 2.75) is 104 Å². The van der Waals surface area contributed by atoms with Crippen LogP contribution in [0.4, 0.5) is 0 Å². The molecule has 0 aliphatic carbocycles. The lowest BCUT2D eigenvalue weighted by Crippen LogP contribution is -2.57. The van der Waals surface area contributed by atoms with E-state index in [0.29, 0.717) is 12.8 Å². The van der Waals surface area contributed by atoms with Crippen molar-refractivity contribution in [3.05, 3.63) is 52.0 Å². The van der Waals surface area contributed by atoms with Gasteiger partial charge in [0.25, 0.3) is 5.91 Å². The normalized spacial score (nSPS) is 17.7. The van der Waals surface area contributed by atoms with Crippen molar-refractivity contribution in [3.63, 3.8) is 0 Å². The highest BCUT2D eigenvalue weighted by Crippen LogP contribution is 2.19. The molecule has 2 aromatic rings. The number of hydrogen-bond donors (Lipinski definition) is 5. The summed E-state index contributed by atoms with van der Waals surface area (Å²) in [5.41, 5.74) is 1.04. The highest BCUT2D eigenvalue weighted by molar-refractivity contribution is 7.11. The van der Waals surface area contributed by atoms with Crippen LogP contribution in [0.5, 0.6) is 0 Å². The number of thiazole rings is 1. The number of carboxylic acids is 1. The second-order valence-corrected chi connectivity index (χ2v) is 13.6. The number of ketones is 1. The van der Waals surface area contributed by atoms with Crippen molar-refractivity contribution in [1.29, 1.82) is 0 Å². The van der Waals surface area contributed by atoms with Crippen molar-refractivity contribution < 1.29 is 29.1 Å². The number of halogens is 1. The fourth-order valence-corrected chi connectivity index (χ4v) is 6.18. The molecule has 1 saturated heterocycles. The zero-order chi connectivity index (χ0) is 33.8. The van der Waals surface area contributed by atoms with Gasteiger partial charge >= 0.3 is 5.97 Å². The fraction of sp³-hybridized carbons (Fsp3) is 0.588. The predicted octanol–water partition coefficient (Wildman–Crippen LogP) is 4.40. The zero-order valence-electron chi connectivity index (χ0n) is 27.9. The monoisotopic (exact) mass is 691 g/mol. The zero-order valence-corrected chi connectivity index (χ0v) is 29.5. The molecule has 0 spiro atoms. The molecule has 0 unspecified atom stereocenters. The number of rotatable bonds is 17. The van der Waals surface area contributed by atoms with Crippen molar-refractivity contribution in [2.75, 3.05) is 6.54 Å². The molecule has 2 heterocycles. The number of carbonyl (C=O) groups excluding carboxylic acids is 4. The Balaban J connectivity index is 0.00000768. The molecule has 260 valence electrons. The van der Waals surface area contributed by atoms with Crippen LogP contribution in [-0.2, 0) is 20.8 Å². The summed E-state index contributed by atoms with van der Waals surface area (Å²) in [4.78, 5) is 68.7. The van der Waals surface area contributed by atoms with Crippen molar-refractivity contribution in [3.8, 4) is 0 Å². The summed E-state index contributed by atoms with van der Waals surface area (Å²) < 4.78 is 0. The Hall–Kier alpha value is -3.35. The molecule has 1 aromatic carbocycles. The predicted molar refractivity (Wildman–Crippen MR) is 185 cm³/mol. The molecule has 6 atom stereocenters. The van der Waals surface area contributed by atoms with Gasteiger partial charge in [-0.15, -0.1) is 23.7 Å². The molecule has 1 aliphatic rings. The van der Waals surface area contributed by atoms with Gasteiger partial charge in [-0.3, -0.25) is 24.0 Å². The molecule has 13 heteroatoms. The maximum absolute atomic E-state index is 13.5. The largest absolute Gasteiger partial charge is 0.481 e. The van der Waals surface area contributed by atoms with Gasteiger partial charge < -0.3 is 26.4 Å². The first-order valence-corrected chi connectivity index (χ1v) is 17.2. The Labute approximate surface area is 287 Å². The highest BCUT2D eigenvalue weighted by Gasteiger charge is 2.32. The van der Waals surface area contributed by atoms with Gasteiger partial charge in [0, 0.05) is 23.9 Å². The molecular weight excluding hydrogens is 642 g/mol. The number of amides is 3. The first-order chi connectivity index (χ1) is 21.9. The van der Waals surface area contributed by atoms with Gasteiger partial charge in [-0.2, -0.15) is 0 Å². The number of piperidine rings is 1. The van der Waals surface area contributed by atoms with Crippen LogP contribution in [-0.4, -0.2) is 70.3 Å². The number of nitrogens with zero attached hydrogens (tertiary/aromatic N) is 1. The summed E-state index contributed by atoms with van der Waals surface area (Å²) in [6, 6.07) is 7.48. The Morgan fingerprint density at radius 3 is 2.32 bits per heavy atom. The van der Waals surface area contributed by atoms with E-state index in [2.05, 4.69) is 26.3 Å². The van der Waals surface area contributed by atoms with Crippen LogP contribution in [0.3, 0.4) is 0 Å². The molecule has 3 rings (SSSR count). The molecule has 1 fully saturated rings. The van der Waals surface area contributed by atoms with Gasteiger partial charge in [0.2, 0.25) is 11.8 Å². The quantitative estimate of drug-likeness (QED) is 0.152. The number of carboxylic acid groups (broad SMARTS) is 1. The van der Waals surface area contributed by atoms with Crippen LogP contribution in [0.2, 0.25) is 0 Å². The lowest BCUT2D eigenvalue weighted by molar-refractivity contribution is -0.141. The number of nitrogens with one attached hydrogen (secondary N) is 4. The van der Waals surface area contributed by atoms with Crippen molar-refractivity contribution in [1.82, 2.24) is 26.3 Å². The first kappa shape index (κ1) is 39.8. The molecule has 0 bridgehead atoms. The summed E-state index contributed by atoms with van der Waals surface area (Å²) >= 11 is 1.06. The number of hydrogen-bond acceptors (Lipinski definition) is 8. The van der Waals surface area contributed by atoms with Crippen molar-refractivity contribution in [2.24, 2.45) is 17.8 Å². The van der Waals surface area contributed by atoms with E-state index in [-0.39, 0.29) is 71.4 Å². The Kier molecular flexibility index (Phi) is 16.5. The second-order valence-electron chi connectivity index (χ2n) is 12.7. The molecule has 47 heavy (non-hydrogen) atoms. The van der Waals surface area contributed by atoms with Gasteiger partial charge in [-0.25, -0.2) is 4.98 Å². The number of aromatic nitrogens is 1. The number of carbonyl (C=O) groups is 5. The third kappa shape index (κ3) is 12.3. The molecule has 3 amide bonds. The summed E-state index contributed by atoms with van der Waals surface area (Å²) in [5.74, 6) is -3.11. The number of aliphatic carboxylic acids is 1. The van der Waals surface area contributed by atoms with Crippen LogP contribution in [0.15, 0.2) is 35.7 Å². The van der Waals surface area contributed by atoms with Crippen molar-refractivity contribution >= 4 is 53.2 Å². The maximum Gasteiger partial charge on any atom is 0.306 e. The molecule has 11 nitrogen and oxygen atoms in total. The number of Topliss-reactive ketones (excluding diaryl/α,β-unsaturated/α-hetero) is 1. The van der Waals surface area contributed by atoms with E-state index in [0.717, 1.165) is 42.7 Å². The van der Waals surface area contributed by atoms with Crippen LogP contribution in [0, 0.1) is 17.8 Å². The molecular formula is C34H50ClN5O6S. The Bertz CT molecular complexity index is 1330. The lowest BCUT2D eigenvalue weighted by atomic mass is 9.94. The Morgan fingerprint density at radius 2 is 1.72 bits per heavy atom. The average Bonchev–Trinajstić information content (AvgIpc) is 3.54. The summed E-state index contributed by atoms with van der Waals surface area (Å²) in [6.07, 6.45) is 4.06. The highest BCUT2D eigenvalue weighted by atomic mass is 35.5. The van der Waals surface area contributed by atoms with Crippen LogP contribution in [0.1, 0.15) is 99.0 Å². The molecule has 0 radical (unpaired) electrons. The number of benzene rings is 1. The molecule has 0 saturated carbocycles. The standard InChI is InChI=1S/C34H49N5O6S.ClH/c1-6-21(4)29(39-30(41)25-14-10-11-15-35-25)32(43)37-26(20(2)3)18-28(40)33-38-27(19-46-33)31(42)36-24(16-22(5)34(44)45)17-23-12-8-7-9-13-23;/h7-9,12-13,19-22,24-26,29,35H,6,10-11,14-18H2,1-5H3,(H,36,42)(H,37,43)(H,39,41)(H,44,45);1H/t21-,22+,24-,25-,26-,29+;/m1./s1. The Morgan fingerprint density at radius 1 is 1.02 bits per heavy atom. The summed E-state index contributed by atoms with van der Waals surface area (Å²) in [7, 11) is 0. The minimum atomic E-state index is -0.945. The van der Waals surface area contributed by atoms with Gasteiger partial charge in [-0.05, 0) is 49.6 Å². The lowest BCUT2D eigenvalue weighted by Gasteiger charge is -2.30. The minimum Gasteiger partial charge on any atom is -0.481 e. The SMILES string of the molecule is CC[C@@H](C)[C@H](NC(=O)[C@H]1CCCCN1)C(=O)N[C@H](CC(=O)c1nc(C(=O)N[C@@H](Cc2ccccc2)C[C@H](C)C(=O)O)cs1)C(C)C.Cl. The minimum absolute atomic E-state index is 0. The maximum atomic E-state index is 13.5. The van der Waals surface area contributed by atoms with E-state index in [9.17, 15) is 29.1 Å². The fourth-order valence-electron chi connectivity index (χ4n) is 5.43. The molecule has 1 aliphatic heterocycles. The second kappa shape index (κ2) is 19.5. The van der Waals surface area contributed by atoms with Crippen LogP contribution >= 0.6 is 23.7 Å². The van der Waals surface area contributed by atoms with Crippen LogP contribution in [0.25, 0.3) is 0 Å². The average molecular weight is 692 g/mol. The third-order valence-corrected chi connectivity index (χ3v) is 9.54. The summed E-state index contributed by atoms with van der Waals surface area (Å²) in [5, 5.41) is 23.2. The summed E-state index contributed by atoms with van der Waals surface area (Å²) in [6.45, 7) is 10.1. The van der Waals surface area contributed by atoms with Crippen LogP contribution < -0.4 is 21.3 Å². The van der Waals surface area contributed by atoms with E-state index in [1.807, 2.05) is 58.0 Å². The van der Waals surface area contributed by atoms with E-state index in [1.165, 1.54) is 5.38 Å². The smallest absolute Gasteiger partial charge is 0.306 e. The van der Waals surface area contributed by atoms with Gasteiger partial charge in [0.15, 0.2) is 10.8 Å². The van der Waals surface area contributed by atoms with E-state index in [1.54, 1.807) is 6.92 Å². The molecule has 1 aromatic heterocycles. The first-order valence-electron chi connectivity index (χ1n) is 16.3. The van der Waals surface area contributed by atoms with E-state index >= 15 is 0 Å². The topological polar surface area (TPSA) is 167 Å². The molecule has 5 N–H and O–H groups in total. The van der Waals surface area contributed by atoms with E-state index < -0.39 is 35.9 Å². The van der Waals surface area contributed by atoms with Gasteiger partial charge in [0.1, 0.15) is 11.7 Å². The van der Waals surface area contributed by atoms with E-state index in [4.69, 9.17) is 0 Å². The van der Waals surface area contributed by atoms with Gasteiger partial charge in [-0.1, -0.05) is 77.8 Å².